The van der Waals surface area contributed by atoms with Crippen molar-refractivity contribution in [2.24, 2.45) is 0 Å². The third-order valence-corrected chi connectivity index (χ3v) is 3.58. The molecule has 0 bridgehead atoms. The monoisotopic (exact) mass is 334 g/mol. The molecule has 0 saturated carbocycles. The molecule has 0 spiro atoms. The molecule has 0 unspecified atom stereocenters. The summed E-state index contributed by atoms with van der Waals surface area (Å²) in [5, 5.41) is 2.76. The van der Waals surface area contributed by atoms with Crippen LogP contribution in [0, 0.1) is 6.92 Å². The Hall–Kier alpha value is -1.88. The van der Waals surface area contributed by atoms with Crippen molar-refractivity contribution in [2.45, 2.75) is 13.5 Å². The normalized spacial score (nSPS) is 10.1. The maximum Gasteiger partial charge on any atom is 0.258 e. The van der Waals surface area contributed by atoms with Gasteiger partial charge in [0.2, 0.25) is 0 Å². The Balaban J connectivity index is 1.79. The van der Waals surface area contributed by atoms with Crippen LogP contribution in [0.4, 0.5) is 0 Å². The van der Waals surface area contributed by atoms with Crippen molar-refractivity contribution in [3.05, 3.63) is 58.3 Å². The summed E-state index contributed by atoms with van der Waals surface area (Å²) in [5.74, 6) is 0.509. The van der Waals surface area contributed by atoms with Crippen LogP contribution in [0.2, 0.25) is 0 Å². The zero-order valence-corrected chi connectivity index (χ0v) is 12.7. The van der Waals surface area contributed by atoms with Gasteiger partial charge in [0.15, 0.2) is 6.61 Å². The summed E-state index contributed by atoms with van der Waals surface area (Å²) in [6.07, 6.45) is 1.70. The van der Waals surface area contributed by atoms with E-state index in [9.17, 15) is 4.79 Å². The average Bonchev–Trinajstić information content (AvgIpc) is 2.47. The first-order valence-corrected chi connectivity index (χ1v) is 7.00. The predicted octanol–water partition coefficient (Wildman–Crippen LogP) is 2.85. The van der Waals surface area contributed by atoms with Crippen LogP contribution in [0.5, 0.6) is 5.75 Å². The molecule has 2 rings (SSSR count). The number of hydrogen-bond donors (Lipinski definition) is 1. The molecule has 1 heterocycles. The topological polar surface area (TPSA) is 51.2 Å². The summed E-state index contributed by atoms with van der Waals surface area (Å²) in [6, 6.07) is 11.2. The molecular formula is C15H15BrN2O2. The number of benzene rings is 1. The highest BCUT2D eigenvalue weighted by Gasteiger charge is 2.04. The summed E-state index contributed by atoms with van der Waals surface area (Å²) in [6.45, 7) is 2.37. The van der Waals surface area contributed by atoms with E-state index in [2.05, 4.69) is 26.2 Å². The number of aryl methyl sites for hydroxylation is 1. The Kier molecular flexibility index (Phi) is 5.12. The minimum atomic E-state index is -0.170. The first kappa shape index (κ1) is 14.5. The molecule has 0 aliphatic heterocycles. The maximum absolute atomic E-state index is 11.7. The van der Waals surface area contributed by atoms with Gasteiger partial charge in [-0.2, -0.15) is 0 Å². The van der Waals surface area contributed by atoms with Crippen molar-refractivity contribution in [1.29, 1.82) is 0 Å². The Labute approximate surface area is 126 Å². The minimum Gasteiger partial charge on any atom is -0.484 e. The van der Waals surface area contributed by atoms with E-state index >= 15 is 0 Å². The Bertz CT molecular complexity index is 588. The van der Waals surface area contributed by atoms with Gasteiger partial charge in [-0.05, 0) is 42.8 Å². The molecule has 0 atom stereocenters. The van der Waals surface area contributed by atoms with Gasteiger partial charge in [-0.25, -0.2) is 0 Å². The van der Waals surface area contributed by atoms with Crippen molar-refractivity contribution in [1.82, 2.24) is 10.3 Å². The smallest absolute Gasteiger partial charge is 0.258 e. The molecular weight excluding hydrogens is 320 g/mol. The molecule has 1 N–H and O–H groups in total. The Morgan fingerprint density at radius 3 is 2.90 bits per heavy atom. The largest absolute Gasteiger partial charge is 0.484 e. The zero-order valence-electron chi connectivity index (χ0n) is 11.1. The number of pyridine rings is 1. The molecule has 0 aliphatic rings. The van der Waals surface area contributed by atoms with E-state index in [1.165, 1.54) is 0 Å². The van der Waals surface area contributed by atoms with Gasteiger partial charge in [0.05, 0.1) is 12.2 Å². The van der Waals surface area contributed by atoms with Gasteiger partial charge < -0.3 is 10.1 Å². The quantitative estimate of drug-likeness (QED) is 0.914. The minimum absolute atomic E-state index is 0.00605. The molecule has 4 nitrogen and oxygen atoms in total. The fourth-order valence-electron chi connectivity index (χ4n) is 1.60. The first-order valence-electron chi connectivity index (χ1n) is 6.21. The van der Waals surface area contributed by atoms with E-state index in [4.69, 9.17) is 4.74 Å². The summed E-state index contributed by atoms with van der Waals surface area (Å²) >= 11 is 3.42. The number of halogens is 1. The third-order valence-electron chi connectivity index (χ3n) is 2.69. The van der Waals surface area contributed by atoms with E-state index in [0.717, 1.165) is 15.7 Å². The van der Waals surface area contributed by atoms with E-state index in [0.29, 0.717) is 12.3 Å². The second-order valence-corrected chi connectivity index (χ2v) is 5.15. The highest BCUT2D eigenvalue weighted by molar-refractivity contribution is 9.10. The van der Waals surface area contributed by atoms with Gasteiger partial charge in [0.25, 0.3) is 5.91 Å². The number of aromatic nitrogens is 1. The van der Waals surface area contributed by atoms with Crippen molar-refractivity contribution in [3.8, 4) is 5.75 Å². The second-order valence-electron chi connectivity index (χ2n) is 4.30. The molecule has 0 saturated heterocycles. The Morgan fingerprint density at radius 1 is 1.35 bits per heavy atom. The van der Waals surface area contributed by atoms with E-state index in [-0.39, 0.29) is 12.5 Å². The van der Waals surface area contributed by atoms with Crippen LogP contribution in [0.25, 0.3) is 0 Å². The number of nitrogens with one attached hydrogen (secondary N) is 1. The van der Waals surface area contributed by atoms with Gasteiger partial charge in [0, 0.05) is 10.7 Å². The Morgan fingerprint density at radius 2 is 2.20 bits per heavy atom. The van der Waals surface area contributed by atoms with Crippen LogP contribution in [-0.4, -0.2) is 17.5 Å². The number of rotatable bonds is 5. The second kappa shape index (κ2) is 7.05. The summed E-state index contributed by atoms with van der Waals surface area (Å²) < 4.78 is 6.46. The fraction of sp³-hybridized carbons (Fsp3) is 0.200. The summed E-state index contributed by atoms with van der Waals surface area (Å²) in [7, 11) is 0. The van der Waals surface area contributed by atoms with Crippen molar-refractivity contribution >= 4 is 21.8 Å². The van der Waals surface area contributed by atoms with Crippen molar-refractivity contribution in [3.63, 3.8) is 0 Å². The molecule has 1 aromatic carbocycles. The van der Waals surface area contributed by atoms with Gasteiger partial charge in [-0.3, -0.25) is 9.78 Å². The van der Waals surface area contributed by atoms with Gasteiger partial charge >= 0.3 is 0 Å². The van der Waals surface area contributed by atoms with Crippen LogP contribution in [0.15, 0.2) is 47.1 Å². The molecule has 0 aliphatic carbocycles. The highest BCUT2D eigenvalue weighted by Crippen LogP contribution is 2.21. The fourth-order valence-corrected chi connectivity index (χ4v) is 1.85. The third kappa shape index (κ3) is 4.35. The number of nitrogens with zero attached hydrogens (tertiary/aromatic N) is 1. The van der Waals surface area contributed by atoms with Gasteiger partial charge in [-0.1, -0.05) is 22.0 Å². The molecule has 0 fully saturated rings. The SMILES string of the molecule is Cc1cc(OCC(=O)NCc2ccccn2)ccc1Br. The van der Waals surface area contributed by atoms with Crippen LogP contribution >= 0.6 is 15.9 Å². The number of amides is 1. The molecule has 2 aromatic rings. The lowest BCUT2D eigenvalue weighted by Crippen LogP contribution is -2.28. The van der Waals surface area contributed by atoms with Gasteiger partial charge in [-0.15, -0.1) is 0 Å². The van der Waals surface area contributed by atoms with Crippen molar-refractivity contribution in [2.75, 3.05) is 6.61 Å². The highest BCUT2D eigenvalue weighted by atomic mass is 79.9. The van der Waals surface area contributed by atoms with Gasteiger partial charge in [0.1, 0.15) is 5.75 Å². The first-order chi connectivity index (χ1) is 9.65. The molecule has 1 amide bonds. The lowest BCUT2D eigenvalue weighted by atomic mass is 10.2. The van der Waals surface area contributed by atoms with E-state index in [1.807, 2.05) is 43.3 Å². The molecule has 5 heteroatoms. The maximum atomic E-state index is 11.7. The number of hydrogen-bond acceptors (Lipinski definition) is 3. The summed E-state index contributed by atoms with van der Waals surface area (Å²) in [5.41, 5.74) is 1.89. The number of carbonyl (C=O) groups is 1. The average molecular weight is 335 g/mol. The van der Waals surface area contributed by atoms with Crippen molar-refractivity contribution < 1.29 is 9.53 Å². The number of ether oxygens (including phenoxy) is 1. The van der Waals surface area contributed by atoms with Crippen LogP contribution in [0.3, 0.4) is 0 Å². The standard InChI is InChI=1S/C15H15BrN2O2/c1-11-8-13(5-6-14(11)16)20-10-15(19)18-9-12-4-2-3-7-17-12/h2-8H,9-10H2,1H3,(H,18,19). The molecule has 1 aromatic heterocycles. The predicted molar refractivity (Wildman–Crippen MR) is 80.5 cm³/mol. The van der Waals surface area contributed by atoms with E-state index < -0.39 is 0 Å². The van der Waals surface area contributed by atoms with Crippen LogP contribution in [-0.2, 0) is 11.3 Å². The molecule has 0 radical (unpaired) electrons. The molecule has 104 valence electrons. The van der Waals surface area contributed by atoms with E-state index in [1.54, 1.807) is 6.20 Å². The number of carbonyl (C=O) groups excluding carboxylic acids is 1. The van der Waals surface area contributed by atoms with Crippen LogP contribution in [0.1, 0.15) is 11.3 Å². The summed E-state index contributed by atoms with van der Waals surface area (Å²) in [4.78, 5) is 15.8. The zero-order chi connectivity index (χ0) is 14.4. The lowest BCUT2D eigenvalue weighted by Gasteiger charge is -2.08. The molecule has 20 heavy (non-hydrogen) atoms. The lowest BCUT2D eigenvalue weighted by molar-refractivity contribution is -0.123. The van der Waals surface area contributed by atoms with Crippen LogP contribution < -0.4 is 10.1 Å².